The van der Waals surface area contributed by atoms with Crippen molar-refractivity contribution in [3.8, 4) is 0 Å². The first-order chi connectivity index (χ1) is 8.72. The van der Waals surface area contributed by atoms with Gasteiger partial charge in [-0.3, -0.25) is 4.79 Å². The fourth-order valence-corrected chi connectivity index (χ4v) is 1.79. The third kappa shape index (κ3) is 2.51. The van der Waals surface area contributed by atoms with Crippen LogP contribution in [-0.2, 0) is 13.1 Å². The van der Waals surface area contributed by atoms with Crippen LogP contribution in [0.15, 0.2) is 36.7 Å². The second kappa shape index (κ2) is 5.35. The molecule has 0 aliphatic carbocycles. The van der Waals surface area contributed by atoms with E-state index in [1.54, 1.807) is 10.9 Å². The number of imidazole rings is 1. The second-order valence-electron chi connectivity index (χ2n) is 3.93. The van der Waals surface area contributed by atoms with E-state index in [1.807, 2.05) is 37.3 Å². The number of primary amides is 1. The minimum Gasteiger partial charge on any atom is -0.364 e. The molecule has 5 nitrogen and oxygen atoms in total. The molecule has 0 unspecified atom stereocenters. The molecule has 0 saturated heterocycles. The van der Waals surface area contributed by atoms with Gasteiger partial charge in [-0.2, -0.15) is 0 Å². The highest BCUT2D eigenvalue weighted by Gasteiger charge is 2.14. The van der Waals surface area contributed by atoms with Crippen molar-refractivity contribution in [2.45, 2.75) is 20.0 Å². The first-order valence-electron chi connectivity index (χ1n) is 5.85. The third-order valence-electron chi connectivity index (χ3n) is 2.71. The molecule has 0 aliphatic rings. The predicted molar refractivity (Wildman–Crippen MR) is 70.2 cm³/mol. The zero-order valence-electron chi connectivity index (χ0n) is 10.3. The Morgan fingerprint density at radius 1 is 1.39 bits per heavy atom. The first kappa shape index (κ1) is 12.2. The molecule has 1 heterocycles. The van der Waals surface area contributed by atoms with Crippen LogP contribution in [0.5, 0.6) is 0 Å². The molecule has 2 aromatic rings. The first-order valence-corrected chi connectivity index (χ1v) is 5.85. The van der Waals surface area contributed by atoms with Gasteiger partial charge in [0.1, 0.15) is 0 Å². The SMILES string of the molecule is CCn1cnc(NCc2ccccc2)c1C(N)=O. The largest absolute Gasteiger partial charge is 0.364 e. The Morgan fingerprint density at radius 2 is 2.11 bits per heavy atom. The molecule has 0 saturated carbocycles. The van der Waals surface area contributed by atoms with Crippen LogP contribution in [-0.4, -0.2) is 15.5 Å². The molecule has 0 bridgehead atoms. The lowest BCUT2D eigenvalue weighted by Crippen LogP contribution is -2.18. The number of benzene rings is 1. The van der Waals surface area contributed by atoms with Gasteiger partial charge in [0.05, 0.1) is 6.33 Å². The van der Waals surface area contributed by atoms with Crippen LogP contribution in [0, 0.1) is 0 Å². The Balaban J connectivity index is 2.15. The maximum Gasteiger partial charge on any atom is 0.269 e. The number of hydrogen-bond acceptors (Lipinski definition) is 3. The molecular weight excluding hydrogens is 228 g/mol. The van der Waals surface area contributed by atoms with Gasteiger partial charge >= 0.3 is 0 Å². The highest BCUT2D eigenvalue weighted by Crippen LogP contribution is 2.14. The third-order valence-corrected chi connectivity index (χ3v) is 2.71. The lowest BCUT2D eigenvalue weighted by molar-refractivity contribution is 0.0992. The lowest BCUT2D eigenvalue weighted by Gasteiger charge is -2.06. The number of hydrogen-bond donors (Lipinski definition) is 2. The predicted octanol–water partition coefficient (Wildman–Crippen LogP) is 1.61. The van der Waals surface area contributed by atoms with E-state index in [0.717, 1.165) is 5.56 Å². The van der Waals surface area contributed by atoms with Crippen molar-refractivity contribution in [2.24, 2.45) is 5.73 Å². The molecule has 3 N–H and O–H groups in total. The van der Waals surface area contributed by atoms with Crippen molar-refractivity contribution < 1.29 is 4.79 Å². The maximum absolute atomic E-state index is 11.4. The average Bonchev–Trinajstić information content (AvgIpc) is 2.80. The Bertz CT molecular complexity index is 533. The normalized spacial score (nSPS) is 10.3. The number of anilines is 1. The number of rotatable bonds is 5. The summed E-state index contributed by atoms with van der Waals surface area (Å²) in [7, 11) is 0. The van der Waals surface area contributed by atoms with Gasteiger partial charge in [0.15, 0.2) is 11.5 Å². The summed E-state index contributed by atoms with van der Waals surface area (Å²) in [5.74, 6) is 0.0677. The van der Waals surface area contributed by atoms with Crippen LogP contribution in [0.25, 0.3) is 0 Å². The summed E-state index contributed by atoms with van der Waals surface area (Å²) in [6.45, 7) is 3.22. The molecule has 1 aromatic carbocycles. The van der Waals surface area contributed by atoms with Crippen molar-refractivity contribution in [2.75, 3.05) is 5.32 Å². The molecule has 2 rings (SSSR count). The molecule has 18 heavy (non-hydrogen) atoms. The van der Waals surface area contributed by atoms with Gasteiger partial charge in [-0.25, -0.2) is 4.98 Å². The standard InChI is InChI=1S/C13H16N4O/c1-2-17-9-16-13(11(17)12(14)18)15-8-10-6-4-3-5-7-10/h3-7,9,15H,2,8H2,1H3,(H2,14,18). The number of amides is 1. The second-order valence-corrected chi connectivity index (χ2v) is 3.93. The van der Waals surface area contributed by atoms with E-state index >= 15 is 0 Å². The van der Waals surface area contributed by atoms with Crippen LogP contribution in [0.2, 0.25) is 0 Å². The van der Waals surface area contributed by atoms with E-state index in [-0.39, 0.29) is 0 Å². The van der Waals surface area contributed by atoms with Crippen LogP contribution >= 0.6 is 0 Å². The molecule has 0 aliphatic heterocycles. The van der Waals surface area contributed by atoms with Crippen molar-refractivity contribution in [3.63, 3.8) is 0 Å². The summed E-state index contributed by atoms with van der Waals surface area (Å²) >= 11 is 0. The summed E-state index contributed by atoms with van der Waals surface area (Å²) in [6, 6.07) is 9.92. The molecule has 0 fully saturated rings. The van der Waals surface area contributed by atoms with E-state index in [2.05, 4.69) is 10.3 Å². The Labute approximate surface area is 106 Å². The number of nitrogens with one attached hydrogen (secondary N) is 1. The van der Waals surface area contributed by atoms with Crippen molar-refractivity contribution in [1.82, 2.24) is 9.55 Å². The van der Waals surface area contributed by atoms with Crippen molar-refractivity contribution in [3.05, 3.63) is 47.9 Å². The number of aryl methyl sites for hydroxylation is 1. The highest BCUT2D eigenvalue weighted by atomic mass is 16.1. The Hall–Kier alpha value is -2.30. The number of carbonyl (C=O) groups excluding carboxylic acids is 1. The fourth-order valence-electron chi connectivity index (χ4n) is 1.79. The van der Waals surface area contributed by atoms with Gasteiger partial charge in [-0.1, -0.05) is 30.3 Å². The fraction of sp³-hybridized carbons (Fsp3) is 0.231. The average molecular weight is 244 g/mol. The monoisotopic (exact) mass is 244 g/mol. The van der Waals surface area contributed by atoms with Crippen LogP contribution in [0.4, 0.5) is 5.82 Å². The van der Waals surface area contributed by atoms with Gasteiger partial charge in [0, 0.05) is 13.1 Å². The topological polar surface area (TPSA) is 72.9 Å². The Kier molecular flexibility index (Phi) is 3.62. The van der Waals surface area contributed by atoms with E-state index in [0.29, 0.717) is 24.6 Å². The zero-order chi connectivity index (χ0) is 13.0. The lowest BCUT2D eigenvalue weighted by atomic mass is 10.2. The molecule has 1 amide bonds. The van der Waals surface area contributed by atoms with Crippen molar-refractivity contribution >= 4 is 11.7 Å². The molecule has 5 heteroatoms. The van der Waals surface area contributed by atoms with E-state index in [9.17, 15) is 4.79 Å². The maximum atomic E-state index is 11.4. The van der Waals surface area contributed by atoms with Crippen molar-refractivity contribution in [1.29, 1.82) is 0 Å². The van der Waals surface area contributed by atoms with Gasteiger partial charge in [0.25, 0.3) is 5.91 Å². The minimum atomic E-state index is -0.468. The number of nitrogens with two attached hydrogens (primary N) is 1. The van der Waals surface area contributed by atoms with Crippen LogP contribution in [0.3, 0.4) is 0 Å². The summed E-state index contributed by atoms with van der Waals surface area (Å²) in [5.41, 5.74) is 6.91. The molecule has 0 atom stereocenters. The minimum absolute atomic E-state index is 0.424. The van der Waals surface area contributed by atoms with Crippen LogP contribution < -0.4 is 11.1 Å². The summed E-state index contributed by atoms with van der Waals surface area (Å²) in [5, 5.41) is 3.13. The molecule has 0 spiro atoms. The highest BCUT2D eigenvalue weighted by molar-refractivity contribution is 5.95. The molecule has 1 aromatic heterocycles. The van der Waals surface area contributed by atoms with Gasteiger partial charge < -0.3 is 15.6 Å². The summed E-state index contributed by atoms with van der Waals surface area (Å²) < 4.78 is 1.73. The molecule has 94 valence electrons. The van der Waals surface area contributed by atoms with E-state index in [4.69, 9.17) is 5.73 Å². The van der Waals surface area contributed by atoms with E-state index in [1.165, 1.54) is 0 Å². The molecule has 0 radical (unpaired) electrons. The quantitative estimate of drug-likeness (QED) is 0.839. The van der Waals surface area contributed by atoms with Gasteiger partial charge in [0.2, 0.25) is 0 Å². The number of carbonyl (C=O) groups is 1. The number of nitrogens with zero attached hydrogens (tertiary/aromatic N) is 2. The van der Waals surface area contributed by atoms with Gasteiger partial charge in [-0.15, -0.1) is 0 Å². The smallest absolute Gasteiger partial charge is 0.269 e. The summed E-state index contributed by atoms with van der Waals surface area (Å²) in [4.78, 5) is 15.6. The summed E-state index contributed by atoms with van der Waals surface area (Å²) in [6.07, 6.45) is 1.62. The zero-order valence-corrected chi connectivity index (χ0v) is 10.3. The van der Waals surface area contributed by atoms with Crippen LogP contribution in [0.1, 0.15) is 23.0 Å². The van der Waals surface area contributed by atoms with Gasteiger partial charge in [-0.05, 0) is 12.5 Å². The molecular formula is C13H16N4O. The van der Waals surface area contributed by atoms with E-state index < -0.39 is 5.91 Å². The Morgan fingerprint density at radius 3 is 2.72 bits per heavy atom. The number of aromatic nitrogens is 2.